The normalized spacial score (nSPS) is 16.6. The van der Waals surface area contributed by atoms with E-state index in [2.05, 4.69) is 10.5 Å². The number of hydrazone groups is 1. The minimum atomic E-state index is -1.20. The molecule has 8 nitrogen and oxygen atoms in total. The Bertz CT molecular complexity index is 542. The first-order valence-electron chi connectivity index (χ1n) is 8.38. The third-order valence-corrected chi connectivity index (χ3v) is 4.69. The van der Waals surface area contributed by atoms with Gasteiger partial charge in [0.2, 0.25) is 5.78 Å². The van der Waals surface area contributed by atoms with Crippen LogP contribution in [0.2, 0.25) is 0 Å². The third-order valence-electron chi connectivity index (χ3n) is 3.64. The topological polar surface area (TPSA) is 102 Å². The number of hydrogen-bond donors (Lipinski definition) is 2. The van der Waals surface area contributed by atoms with Crippen LogP contribution in [0.5, 0.6) is 0 Å². The van der Waals surface area contributed by atoms with Crippen molar-refractivity contribution in [1.29, 1.82) is 0 Å². The van der Waals surface area contributed by atoms with Crippen LogP contribution in [0, 0.1) is 11.8 Å². The number of carbonyl (C=O) groups excluding carboxylic acids is 2. The molecule has 1 atom stereocenters. The molecular weight excluding hydrogens is 380 g/mol. The smallest absolute Gasteiger partial charge is 0.407 e. The SMILES string of the molecule is CC(C)C[C@@H](C(=O)C(=O)NN=C1SCCN1C)N(CC(C)C)C(=O)O.Cl. The summed E-state index contributed by atoms with van der Waals surface area (Å²) in [6, 6.07) is -1.01. The van der Waals surface area contributed by atoms with Crippen LogP contribution in [0.25, 0.3) is 0 Å². The summed E-state index contributed by atoms with van der Waals surface area (Å²) in [5.74, 6) is -0.666. The maximum atomic E-state index is 12.6. The van der Waals surface area contributed by atoms with Crippen molar-refractivity contribution in [2.75, 3.05) is 25.9 Å². The first kappa shape index (κ1) is 24.5. The molecule has 1 saturated heterocycles. The van der Waals surface area contributed by atoms with E-state index in [4.69, 9.17) is 0 Å². The second-order valence-corrected chi connectivity index (χ2v) is 8.01. The molecule has 0 spiro atoms. The van der Waals surface area contributed by atoms with Crippen LogP contribution in [0.4, 0.5) is 4.79 Å². The molecule has 1 aliphatic rings. The summed E-state index contributed by atoms with van der Waals surface area (Å²) in [4.78, 5) is 39.4. The number of halogens is 1. The molecule has 0 saturated carbocycles. The fourth-order valence-electron chi connectivity index (χ4n) is 2.46. The molecule has 1 fully saturated rings. The van der Waals surface area contributed by atoms with Crippen molar-refractivity contribution in [1.82, 2.24) is 15.2 Å². The van der Waals surface area contributed by atoms with Crippen LogP contribution in [0.3, 0.4) is 0 Å². The number of amides is 2. The van der Waals surface area contributed by atoms with Crippen LogP contribution in [0.1, 0.15) is 34.1 Å². The van der Waals surface area contributed by atoms with Gasteiger partial charge in [0.25, 0.3) is 0 Å². The average Bonchev–Trinajstić information content (AvgIpc) is 2.92. The van der Waals surface area contributed by atoms with Crippen molar-refractivity contribution in [3.63, 3.8) is 0 Å². The second-order valence-electron chi connectivity index (χ2n) is 6.94. The van der Waals surface area contributed by atoms with Crippen LogP contribution in [0.15, 0.2) is 5.10 Å². The zero-order valence-corrected chi connectivity index (χ0v) is 17.5. The summed E-state index contributed by atoms with van der Waals surface area (Å²) in [7, 11) is 1.85. The highest BCUT2D eigenvalue weighted by Crippen LogP contribution is 2.17. The van der Waals surface area contributed by atoms with Crippen LogP contribution < -0.4 is 5.43 Å². The lowest BCUT2D eigenvalue weighted by Crippen LogP contribution is -2.51. The maximum absolute atomic E-state index is 12.6. The van der Waals surface area contributed by atoms with E-state index in [0.717, 1.165) is 17.2 Å². The van der Waals surface area contributed by atoms with E-state index in [1.165, 1.54) is 11.8 Å². The van der Waals surface area contributed by atoms with Crippen molar-refractivity contribution >= 4 is 47.1 Å². The number of carbonyl (C=O) groups is 3. The summed E-state index contributed by atoms with van der Waals surface area (Å²) in [5.41, 5.74) is 2.27. The lowest BCUT2D eigenvalue weighted by Gasteiger charge is -2.30. The summed E-state index contributed by atoms with van der Waals surface area (Å²) in [6.07, 6.45) is -0.908. The van der Waals surface area contributed by atoms with Gasteiger partial charge in [-0.1, -0.05) is 39.5 Å². The third kappa shape index (κ3) is 7.41. The molecule has 0 radical (unpaired) electrons. The van der Waals surface area contributed by atoms with Gasteiger partial charge in [0.15, 0.2) is 5.17 Å². The van der Waals surface area contributed by atoms with Gasteiger partial charge in [-0.3, -0.25) is 14.5 Å². The average molecular weight is 409 g/mol. The lowest BCUT2D eigenvalue weighted by atomic mass is 9.97. The second kappa shape index (κ2) is 11.3. The van der Waals surface area contributed by atoms with Gasteiger partial charge in [0, 0.05) is 25.9 Å². The zero-order chi connectivity index (χ0) is 19.1. The van der Waals surface area contributed by atoms with Gasteiger partial charge in [-0.25, -0.2) is 10.2 Å². The van der Waals surface area contributed by atoms with Crippen LogP contribution >= 0.6 is 24.2 Å². The first-order valence-corrected chi connectivity index (χ1v) is 9.37. The molecule has 1 heterocycles. The molecule has 0 bridgehead atoms. The summed E-state index contributed by atoms with van der Waals surface area (Å²) in [6.45, 7) is 8.53. The standard InChI is InChI=1S/C16H28N4O4S.ClH/c1-10(2)8-12(20(16(23)24)9-11(3)4)13(21)14(22)17-18-15-19(5)6-7-25-15;/h10-12H,6-9H2,1-5H3,(H,17,22)(H,23,24);1H/t12-;/m0./s1. The Labute approximate surface area is 165 Å². The molecule has 0 aromatic rings. The number of thioether (sulfide) groups is 1. The Morgan fingerprint density at radius 1 is 1.27 bits per heavy atom. The molecule has 0 aromatic carbocycles. The van der Waals surface area contributed by atoms with E-state index < -0.39 is 23.8 Å². The van der Waals surface area contributed by atoms with E-state index in [0.29, 0.717) is 5.17 Å². The molecule has 1 rings (SSSR count). The van der Waals surface area contributed by atoms with Gasteiger partial charge in [-0.2, -0.15) is 0 Å². The number of Topliss-reactive ketones (excluding diaryl/α,β-unsaturated/α-hetero) is 1. The Balaban J connectivity index is 0.00000625. The van der Waals surface area contributed by atoms with Crippen molar-refractivity contribution in [2.24, 2.45) is 16.9 Å². The van der Waals surface area contributed by atoms with Gasteiger partial charge < -0.3 is 10.0 Å². The quantitative estimate of drug-likeness (QED) is 0.471. The van der Waals surface area contributed by atoms with E-state index in [1.54, 1.807) is 0 Å². The predicted molar refractivity (Wildman–Crippen MR) is 106 cm³/mol. The highest BCUT2D eigenvalue weighted by atomic mass is 35.5. The molecule has 26 heavy (non-hydrogen) atoms. The molecule has 0 aromatic heterocycles. The predicted octanol–water partition coefficient (Wildman–Crippen LogP) is 2.09. The van der Waals surface area contributed by atoms with E-state index in [1.807, 2.05) is 39.6 Å². The molecular formula is C16H29ClN4O4S. The molecule has 0 unspecified atom stereocenters. The van der Waals surface area contributed by atoms with Gasteiger partial charge in [-0.15, -0.1) is 17.5 Å². The number of hydrogen-bond acceptors (Lipinski definition) is 5. The lowest BCUT2D eigenvalue weighted by molar-refractivity contribution is -0.141. The number of carboxylic acid groups (broad SMARTS) is 1. The molecule has 150 valence electrons. The van der Waals surface area contributed by atoms with E-state index in [-0.39, 0.29) is 37.2 Å². The molecule has 1 aliphatic heterocycles. The van der Waals surface area contributed by atoms with Crippen LogP contribution in [-0.2, 0) is 9.59 Å². The summed E-state index contributed by atoms with van der Waals surface area (Å²) in [5, 5.41) is 14.1. The highest BCUT2D eigenvalue weighted by molar-refractivity contribution is 8.14. The highest BCUT2D eigenvalue weighted by Gasteiger charge is 2.34. The summed E-state index contributed by atoms with van der Waals surface area (Å²) < 4.78 is 0. The van der Waals surface area contributed by atoms with E-state index in [9.17, 15) is 19.5 Å². The van der Waals surface area contributed by atoms with Crippen molar-refractivity contribution in [3.8, 4) is 0 Å². The van der Waals surface area contributed by atoms with Crippen molar-refractivity contribution in [3.05, 3.63) is 0 Å². The maximum Gasteiger partial charge on any atom is 0.407 e. The summed E-state index contributed by atoms with van der Waals surface area (Å²) >= 11 is 1.49. The monoisotopic (exact) mass is 408 g/mol. The van der Waals surface area contributed by atoms with Crippen LogP contribution in [-0.4, -0.2) is 69.8 Å². The molecule has 0 aliphatic carbocycles. The number of nitrogens with one attached hydrogen (secondary N) is 1. The van der Waals surface area contributed by atoms with Crippen molar-refractivity contribution in [2.45, 2.75) is 40.2 Å². The fraction of sp³-hybridized carbons (Fsp3) is 0.750. The number of amidine groups is 1. The Morgan fingerprint density at radius 3 is 2.31 bits per heavy atom. The number of nitrogens with zero attached hydrogens (tertiary/aromatic N) is 3. The van der Waals surface area contributed by atoms with E-state index >= 15 is 0 Å². The Kier molecular flexibility index (Phi) is 10.6. The zero-order valence-electron chi connectivity index (χ0n) is 15.9. The van der Waals surface area contributed by atoms with Gasteiger partial charge in [0.1, 0.15) is 6.04 Å². The minimum absolute atomic E-state index is 0. The van der Waals surface area contributed by atoms with Crippen molar-refractivity contribution < 1.29 is 19.5 Å². The minimum Gasteiger partial charge on any atom is -0.465 e. The fourth-order valence-corrected chi connectivity index (χ4v) is 3.43. The van der Waals surface area contributed by atoms with Gasteiger partial charge >= 0.3 is 12.0 Å². The Morgan fingerprint density at radius 2 is 1.88 bits per heavy atom. The first-order chi connectivity index (χ1) is 11.6. The Hall–Kier alpha value is -1.48. The molecule has 10 heteroatoms. The number of rotatable bonds is 8. The molecule has 2 amide bonds. The van der Waals surface area contributed by atoms with Gasteiger partial charge in [0.05, 0.1) is 0 Å². The number of ketones is 1. The molecule has 2 N–H and O–H groups in total. The van der Waals surface area contributed by atoms with Gasteiger partial charge in [-0.05, 0) is 18.3 Å². The largest absolute Gasteiger partial charge is 0.465 e.